The number of nitrogens with one attached hydrogen (secondary N) is 2. The fourth-order valence-corrected chi connectivity index (χ4v) is 5.63. The van der Waals surface area contributed by atoms with Gasteiger partial charge in [0.15, 0.2) is 12.0 Å². The number of nitrogens with zero attached hydrogens (tertiary/aromatic N) is 6. The molecule has 2 N–H and O–H groups in total. The molecular weight excluding hydrogens is 484 g/mol. The highest BCUT2D eigenvalue weighted by atomic mass is 35.5. The quantitative estimate of drug-likeness (QED) is 0.640. The van der Waals surface area contributed by atoms with Crippen LogP contribution in [0.5, 0.6) is 0 Å². The summed E-state index contributed by atoms with van der Waals surface area (Å²) in [7, 11) is 0. The molecule has 0 spiro atoms. The van der Waals surface area contributed by atoms with Gasteiger partial charge in [0.05, 0.1) is 29.1 Å². The highest BCUT2D eigenvalue weighted by molar-refractivity contribution is 6.30. The third-order valence-electron chi connectivity index (χ3n) is 7.11. The summed E-state index contributed by atoms with van der Waals surface area (Å²) in [5, 5.41) is 7.74. The van der Waals surface area contributed by atoms with Crippen LogP contribution in [-0.2, 0) is 4.74 Å². The SMILES string of the molecule is CC1CN(C2=NC3N=C(c4noc(=O)[nH]4)NC(c4cncc(Cl)c4)=C3N2CC2CCCCC2)CCO1. The normalized spacial score (nSPS) is 24.9. The monoisotopic (exact) mass is 512 g/mol. The molecule has 6 rings (SSSR count). The molecule has 0 amide bonds. The molecule has 5 heterocycles. The Bertz CT molecular complexity index is 1280. The summed E-state index contributed by atoms with van der Waals surface area (Å²) in [6.45, 7) is 5.12. The third-order valence-corrected chi connectivity index (χ3v) is 7.32. The van der Waals surface area contributed by atoms with Gasteiger partial charge in [-0.1, -0.05) is 36.0 Å². The number of pyridine rings is 1. The summed E-state index contributed by atoms with van der Waals surface area (Å²) < 4.78 is 10.5. The minimum absolute atomic E-state index is 0.114. The van der Waals surface area contributed by atoms with Crippen molar-refractivity contribution in [1.29, 1.82) is 0 Å². The number of hydrogen-bond donors (Lipinski definition) is 2. The fourth-order valence-electron chi connectivity index (χ4n) is 5.46. The molecule has 3 aliphatic heterocycles. The van der Waals surface area contributed by atoms with Crippen molar-refractivity contribution in [2.24, 2.45) is 15.9 Å². The highest BCUT2D eigenvalue weighted by Gasteiger charge is 2.41. The summed E-state index contributed by atoms with van der Waals surface area (Å²) >= 11 is 6.34. The lowest BCUT2D eigenvalue weighted by molar-refractivity contribution is 0.00257. The van der Waals surface area contributed by atoms with Crippen LogP contribution in [0.4, 0.5) is 0 Å². The summed E-state index contributed by atoms with van der Waals surface area (Å²) in [6.07, 6.45) is 9.20. The second-order valence-electron chi connectivity index (χ2n) is 9.74. The van der Waals surface area contributed by atoms with E-state index in [2.05, 4.69) is 37.2 Å². The van der Waals surface area contributed by atoms with Crippen molar-refractivity contribution in [3.63, 3.8) is 0 Å². The molecule has 2 aromatic heterocycles. The summed E-state index contributed by atoms with van der Waals surface area (Å²) in [4.78, 5) is 33.1. The number of morpholine rings is 1. The Balaban J connectivity index is 1.46. The minimum Gasteiger partial charge on any atom is -0.375 e. The summed E-state index contributed by atoms with van der Waals surface area (Å²) in [5.41, 5.74) is 2.55. The standard InChI is InChI=1S/C24H29ClN8O3/c1-14-12-32(7-8-35-14)23-29-20-19(33(23)13-15-5-3-2-4-6-15)18(16-9-17(25)11-26-10-16)27-21(28-20)22-30-24(34)36-31-22/h9-11,14-15,20H,2-8,12-13H2,1H3,(H,27,28)(H,30,31,34). The summed E-state index contributed by atoms with van der Waals surface area (Å²) in [5.74, 6) is 1.43. The van der Waals surface area contributed by atoms with Crippen molar-refractivity contribution in [3.8, 4) is 0 Å². The maximum absolute atomic E-state index is 11.7. The predicted molar refractivity (Wildman–Crippen MR) is 134 cm³/mol. The lowest BCUT2D eigenvalue weighted by atomic mass is 9.88. The van der Waals surface area contributed by atoms with E-state index in [1.165, 1.54) is 32.1 Å². The number of fused-ring (bicyclic) bond motifs is 1. The van der Waals surface area contributed by atoms with Gasteiger partial charge in [0.1, 0.15) is 0 Å². The largest absolute Gasteiger partial charge is 0.439 e. The zero-order valence-corrected chi connectivity index (χ0v) is 20.9. The van der Waals surface area contributed by atoms with E-state index in [-0.39, 0.29) is 11.9 Å². The molecule has 0 bridgehead atoms. The molecule has 36 heavy (non-hydrogen) atoms. The molecule has 12 heteroatoms. The van der Waals surface area contributed by atoms with Gasteiger partial charge >= 0.3 is 5.76 Å². The molecule has 2 atom stereocenters. The minimum atomic E-state index is -0.646. The smallest absolute Gasteiger partial charge is 0.375 e. The van der Waals surface area contributed by atoms with Gasteiger partial charge in [0.25, 0.3) is 0 Å². The van der Waals surface area contributed by atoms with E-state index in [4.69, 9.17) is 30.8 Å². The van der Waals surface area contributed by atoms with Crippen LogP contribution in [0.25, 0.3) is 5.70 Å². The Labute approximate surface area is 213 Å². The predicted octanol–water partition coefficient (Wildman–Crippen LogP) is 2.43. The number of rotatable bonds is 4. The Morgan fingerprint density at radius 2 is 2.06 bits per heavy atom. The molecule has 1 saturated heterocycles. The second-order valence-corrected chi connectivity index (χ2v) is 10.2. The highest BCUT2D eigenvalue weighted by Crippen LogP contribution is 2.36. The molecule has 2 unspecified atom stereocenters. The zero-order valence-electron chi connectivity index (χ0n) is 20.1. The van der Waals surface area contributed by atoms with Gasteiger partial charge in [0, 0.05) is 37.6 Å². The Hall–Kier alpha value is -3.18. The van der Waals surface area contributed by atoms with Crippen LogP contribution in [-0.4, -0.2) is 75.2 Å². The number of halogens is 1. The number of ether oxygens (including phenoxy) is 1. The first-order chi connectivity index (χ1) is 17.5. The molecule has 4 aliphatic rings. The van der Waals surface area contributed by atoms with E-state index in [0.717, 1.165) is 42.6 Å². The van der Waals surface area contributed by atoms with E-state index in [1.807, 2.05) is 6.07 Å². The van der Waals surface area contributed by atoms with E-state index >= 15 is 0 Å². The lowest BCUT2D eigenvalue weighted by Crippen LogP contribution is -2.51. The molecule has 1 aliphatic carbocycles. The van der Waals surface area contributed by atoms with Crippen LogP contribution in [0.2, 0.25) is 5.02 Å². The van der Waals surface area contributed by atoms with E-state index in [1.54, 1.807) is 12.4 Å². The third kappa shape index (κ3) is 4.53. The van der Waals surface area contributed by atoms with Gasteiger partial charge in [-0.25, -0.2) is 14.8 Å². The van der Waals surface area contributed by atoms with Gasteiger partial charge in [-0.3, -0.25) is 14.5 Å². The average molecular weight is 513 g/mol. The topological polar surface area (TPSA) is 124 Å². The van der Waals surface area contributed by atoms with E-state index in [9.17, 15) is 4.79 Å². The maximum Gasteiger partial charge on any atom is 0.439 e. The first-order valence-electron chi connectivity index (χ1n) is 12.5. The number of guanidine groups is 1. The van der Waals surface area contributed by atoms with Crippen molar-refractivity contribution in [2.75, 3.05) is 26.2 Å². The van der Waals surface area contributed by atoms with Crippen molar-refractivity contribution in [2.45, 2.75) is 51.3 Å². The van der Waals surface area contributed by atoms with E-state index < -0.39 is 11.9 Å². The molecule has 11 nitrogen and oxygen atoms in total. The second kappa shape index (κ2) is 9.70. The Kier molecular flexibility index (Phi) is 6.26. The number of H-pyrrole nitrogens is 1. The number of aromatic amines is 1. The van der Waals surface area contributed by atoms with Gasteiger partial charge in [-0.15, -0.1) is 0 Å². The van der Waals surface area contributed by atoms with E-state index in [0.29, 0.717) is 23.4 Å². The zero-order chi connectivity index (χ0) is 24.6. The lowest BCUT2D eigenvalue weighted by Gasteiger charge is -2.38. The Morgan fingerprint density at radius 3 is 2.81 bits per heavy atom. The van der Waals surface area contributed by atoms with Crippen LogP contribution in [0.1, 0.15) is 50.4 Å². The van der Waals surface area contributed by atoms with Gasteiger partial charge in [-0.05, 0) is 31.7 Å². The van der Waals surface area contributed by atoms with Crippen LogP contribution in [0.3, 0.4) is 0 Å². The first kappa shape index (κ1) is 23.2. The van der Waals surface area contributed by atoms with Gasteiger partial charge in [0.2, 0.25) is 11.8 Å². The van der Waals surface area contributed by atoms with Crippen molar-refractivity contribution in [1.82, 2.24) is 30.2 Å². The van der Waals surface area contributed by atoms with Crippen LogP contribution >= 0.6 is 11.6 Å². The molecule has 2 aromatic rings. The average Bonchev–Trinajstić information content (AvgIpc) is 3.48. The molecule has 2 fully saturated rings. The number of hydrogen-bond acceptors (Lipinski definition) is 10. The van der Waals surface area contributed by atoms with Crippen LogP contribution in [0.15, 0.2) is 43.5 Å². The summed E-state index contributed by atoms with van der Waals surface area (Å²) in [6, 6.07) is 1.86. The first-order valence-corrected chi connectivity index (χ1v) is 12.9. The number of aromatic nitrogens is 3. The molecule has 190 valence electrons. The fraction of sp³-hybridized carbons (Fsp3) is 0.542. The van der Waals surface area contributed by atoms with Crippen molar-refractivity contribution < 1.29 is 9.26 Å². The van der Waals surface area contributed by atoms with Crippen molar-refractivity contribution in [3.05, 3.63) is 51.1 Å². The van der Waals surface area contributed by atoms with Crippen LogP contribution in [0, 0.1) is 5.92 Å². The van der Waals surface area contributed by atoms with Crippen LogP contribution < -0.4 is 11.1 Å². The Morgan fingerprint density at radius 1 is 1.19 bits per heavy atom. The van der Waals surface area contributed by atoms with Gasteiger partial charge < -0.3 is 19.9 Å². The maximum atomic E-state index is 11.7. The molecule has 1 saturated carbocycles. The number of amidine groups is 1. The number of aliphatic imine (C=N–C) groups is 2. The van der Waals surface area contributed by atoms with Gasteiger partial charge in [-0.2, -0.15) is 0 Å². The molecular formula is C24H29ClN8O3. The van der Waals surface area contributed by atoms with Crippen molar-refractivity contribution >= 4 is 29.1 Å². The molecule has 0 aromatic carbocycles. The molecule has 0 radical (unpaired) electrons.